The summed E-state index contributed by atoms with van der Waals surface area (Å²) in [5.74, 6) is 0.368. The standard InChI is InChI=1S/C23H24FN3O2/c1-14-5-10-18(12-19(14)24)27-13-16(11-20(27)28)21-25-22(29-26-21)15-6-8-17(9-7-15)23(2,3)4/h5-10,12,16H,11,13H2,1-4H3. The van der Waals surface area contributed by atoms with Crippen LogP contribution in [0.2, 0.25) is 0 Å². The molecule has 1 saturated heterocycles. The summed E-state index contributed by atoms with van der Waals surface area (Å²) in [6.07, 6.45) is 0.275. The van der Waals surface area contributed by atoms with Gasteiger partial charge in [0.1, 0.15) is 5.82 Å². The first-order valence-electron chi connectivity index (χ1n) is 9.73. The zero-order chi connectivity index (χ0) is 20.8. The first kappa shape index (κ1) is 19.3. The zero-order valence-corrected chi connectivity index (χ0v) is 17.1. The number of rotatable bonds is 3. The molecule has 1 fully saturated rings. The lowest BCUT2D eigenvalue weighted by atomic mass is 9.87. The van der Waals surface area contributed by atoms with Crippen LogP contribution in [0.4, 0.5) is 10.1 Å². The van der Waals surface area contributed by atoms with Gasteiger partial charge in [-0.2, -0.15) is 4.98 Å². The van der Waals surface area contributed by atoms with E-state index >= 15 is 0 Å². The largest absolute Gasteiger partial charge is 0.334 e. The Morgan fingerprint density at radius 2 is 1.86 bits per heavy atom. The molecule has 1 unspecified atom stereocenters. The molecule has 3 aromatic rings. The Hall–Kier alpha value is -3.02. The molecule has 1 atom stereocenters. The van der Waals surface area contributed by atoms with Crippen molar-refractivity contribution in [2.24, 2.45) is 0 Å². The van der Waals surface area contributed by atoms with E-state index in [4.69, 9.17) is 4.52 Å². The summed E-state index contributed by atoms with van der Waals surface area (Å²) in [5.41, 5.74) is 3.25. The van der Waals surface area contributed by atoms with E-state index in [2.05, 4.69) is 43.0 Å². The molecule has 29 heavy (non-hydrogen) atoms. The lowest BCUT2D eigenvalue weighted by molar-refractivity contribution is -0.117. The molecule has 1 aliphatic rings. The number of anilines is 1. The molecule has 2 heterocycles. The second kappa shape index (κ2) is 7.10. The molecule has 1 aromatic heterocycles. The molecule has 6 heteroatoms. The van der Waals surface area contributed by atoms with Crippen LogP contribution in [0.5, 0.6) is 0 Å². The summed E-state index contributed by atoms with van der Waals surface area (Å²) in [7, 11) is 0. The summed E-state index contributed by atoms with van der Waals surface area (Å²) >= 11 is 0. The summed E-state index contributed by atoms with van der Waals surface area (Å²) in [5, 5.41) is 4.10. The first-order valence-corrected chi connectivity index (χ1v) is 9.73. The predicted octanol–water partition coefficient (Wildman–Crippen LogP) is 5.00. The van der Waals surface area contributed by atoms with Gasteiger partial charge in [0.2, 0.25) is 5.91 Å². The molecule has 0 aliphatic carbocycles. The Kier molecular flexibility index (Phi) is 4.73. The van der Waals surface area contributed by atoms with Crippen molar-refractivity contribution in [3.8, 4) is 11.5 Å². The third kappa shape index (κ3) is 3.79. The van der Waals surface area contributed by atoms with Gasteiger partial charge in [-0.1, -0.05) is 44.1 Å². The van der Waals surface area contributed by atoms with Crippen molar-refractivity contribution in [2.75, 3.05) is 11.4 Å². The summed E-state index contributed by atoms with van der Waals surface area (Å²) in [6.45, 7) is 8.59. The van der Waals surface area contributed by atoms with Crippen LogP contribution < -0.4 is 4.90 Å². The molecule has 0 N–H and O–H groups in total. The Morgan fingerprint density at radius 3 is 2.52 bits per heavy atom. The van der Waals surface area contributed by atoms with Crippen molar-refractivity contribution in [1.82, 2.24) is 10.1 Å². The molecule has 4 rings (SSSR count). The van der Waals surface area contributed by atoms with Gasteiger partial charge in [-0.25, -0.2) is 4.39 Å². The Labute approximate surface area is 169 Å². The number of hydrogen-bond donors (Lipinski definition) is 0. The van der Waals surface area contributed by atoms with Gasteiger partial charge in [0.15, 0.2) is 5.82 Å². The van der Waals surface area contributed by atoms with Gasteiger partial charge in [-0.05, 0) is 47.7 Å². The normalized spacial score (nSPS) is 17.2. The maximum atomic E-state index is 13.9. The van der Waals surface area contributed by atoms with Crippen LogP contribution in [0, 0.1) is 12.7 Å². The van der Waals surface area contributed by atoms with E-state index in [1.165, 1.54) is 11.6 Å². The van der Waals surface area contributed by atoms with Crippen LogP contribution in [0.25, 0.3) is 11.5 Å². The third-order valence-corrected chi connectivity index (χ3v) is 5.40. The highest BCUT2D eigenvalue weighted by atomic mass is 19.1. The number of aromatic nitrogens is 2. The van der Waals surface area contributed by atoms with Crippen molar-refractivity contribution in [3.63, 3.8) is 0 Å². The van der Waals surface area contributed by atoms with Crippen molar-refractivity contribution in [2.45, 2.75) is 45.4 Å². The van der Waals surface area contributed by atoms with E-state index in [1.54, 1.807) is 24.0 Å². The number of aryl methyl sites for hydroxylation is 1. The molecule has 5 nitrogen and oxygen atoms in total. The number of nitrogens with zero attached hydrogens (tertiary/aromatic N) is 3. The van der Waals surface area contributed by atoms with E-state index in [9.17, 15) is 9.18 Å². The predicted molar refractivity (Wildman–Crippen MR) is 109 cm³/mol. The van der Waals surface area contributed by atoms with Crippen molar-refractivity contribution < 1.29 is 13.7 Å². The third-order valence-electron chi connectivity index (χ3n) is 5.40. The molecule has 0 radical (unpaired) electrons. The van der Waals surface area contributed by atoms with Crippen LogP contribution in [0.1, 0.15) is 50.1 Å². The van der Waals surface area contributed by atoms with Gasteiger partial charge in [0.25, 0.3) is 5.89 Å². The Morgan fingerprint density at radius 1 is 1.14 bits per heavy atom. The fourth-order valence-corrected chi connectivity index (χ4v) is 3.51. The molecular weight excluding hydrogens is 369 g/mol. The molecule has 150 valence electrons. The first-order chi connectivity index (χ1) is 13.7. The lowest BCUT2D eigenvalue weighted by Gasteiger charge is -2.18. The number of amides is 1. The van der Waals surface area contributed by atoms with Crippen LogP contribution in [-0.4, -0.2) is 22.6 Å². The second-order valence-electron chi connectivity index (χ2n) is 8.62. The second-order valence-corrected chi connectivity index (χ2v) is 8.62. The van der Waals surface area contributed by atoms with Crippen molar-refractivity contribution in [1.29, 1.82) is 0 Å². The van der Waals surface area contributed by atoms with Gasteiger partial charge in [0.05, 0.1) is 0 Å². The molecular formula is C23H24FN3O2. The quantitative estimate of drug-likeness (QED) is 0.628. The van der Waals surface area contributed by atoms with Crippen LogP contribution in [0.15, 0.2) is 47.0 Å². The summed E-state index contributed by atoms with van der Waals surface area (Å²) < 4.78 is 19.3. The molecule has 0 spiro atoms. The maximum Gasteiger partial charge on any atom is 0.257 e. The molecule has 1 amide bonds. The minimum atomic E-state index is -0.320. The van der Waals surface area contributed by atoms with Crippen molar-refractivity contribution >= 4 is 11.6 Å². The number of carbonyl (C=O) groups is 1. The van der Waals surface area contributed by atoms with Gasteiger partial charge in [-0.3, -0.25) is 4.79 Å². The Bertz CT molecular complexity index is 1050. The number of carbonyl (C=O) groups excluding carboxylic acids is 1. The van der Waals surface area contributed by atoms with Gasteiger partial charge >= 0.3 is 0 Å². The van der Waals surface area contributed by atoms with Gasteiger partial charge < -0.3 is 9.42 Å². The summed E-state index contributed by atoms with van der Waals surface area (Å²) in [4.78, 5) is 18.6. The molecule has 1 aliphatic heterocycles. The van der Waals surface area contributed by atoms with Gasteiger partial charge in [-0.15, -0.1) is 0 Å². The summed E-state index contributed by atoms with van der Waals surface area (Å²) in [6, 6.07) is 12.9. The molecule has 0 bridgehead atoms. The highest BCUT2D eigenvalue weighted by Crippen LogP contribution is 2.32. The minimum Gasteiger partial charge on any atom is -0.334 e. The molecule has 2 aromatic carbocycles. The SMILES string of the molecule is Cc1ccc(N2CC(c3noc(-c4ccc(C(C)(C)C)cc4)n3)CC2=O)cc1F. The number of hydrogen-bond acceptors (Lipinski definition) is 4. The fraction of sp³-hybridized carbons (Fsp3) is 0.348. The average molecular weight is 393 g/mol. The lowest BCUT2D eigenvalue weighted by Crippen LogP contribution is -2.24. The molecule has 0 saturated carbocycles. The highest BCUT2D eigenvalue weighted by Gasteiger charge is 2.35. The van der Waals surface area contributed by atoms with E-state index in [0.717, 1.165) is 5.56 Å². The van der Waals surface area contributed by atoms with Crippen LogP contribution in [-0.2, 0) is 10.2 Å². The van der Waals surface area contributed by atoms with E-state index in [-0.39, 0.29) is 29.5 Å². The minimum absolute atomic E-state index is 0.0702. The van der Waals surface area contributed by atoms with Crippen LogP contribution in [0.3, 0.4) is 0 Å². The van der Waals surface area contributed by atoms with E-state index in [1.807, 2.05) is 12.1 Å². The van der Waals surface area contributed by atoms with Crippen molar-refractivity contribution in [3.05, 3.63) is 65.2 Å². The number of halogens is 1. The Balaban J connectivity index is 1.52. The monoisotopic (exact) mass is 393 g/mol. The van der Waals surface area contributed by atoms with E-state index in [0.29, 0.717) is 29.5 Å². The fourth-order valence-electron chi connectivity index (χ4n) is 3.51. The smallest absolute Gasteiger partial charge is 0.257 e. The van der Waals surface area contributed by atoms with E-state index < -0.39 is 0 Å². The highest BCUT2D eigenvalue weighted by molar-refractivity contribution is 5.96. The maximum absolute atomic E-state index is 13.9. The average Bonchev–Trinajstić information content (AvgIpc) is 3.30. The topological polar surface area (TPSA) is 59.2 Å². The number of benzene rings is 2. The van der Waals surface area contributed by atoms with Gasteiger partial charge in [0, 0.05) is 30.1 Å². The zero-order valence-electron chi connectivity index (χ0n) is 17.1. The van der Waals surface area contributed by atoms with Crippen LogP contribution >= 0.6 is 0 Å².